The van der Waals surface area contributed by atoms with Gasteiger partial charge in [0.25, 0.3) is 0 Å². The smallest absolute Gasteiger partial charge is 0.190 e. The van der Waals surface area contributed by atoms with Crippen molar-refractivity contribution in [1.82, 2.24) is 10.6 Å². The molecule has 23 heavy (non-hydrogen) atoms. The molecule has 1 unspecified atom stereocenters. The van der Waals surface area contributed by atoms with E-state index in [4.69, 9.17) is 4.74 Å². The van der Waals surface area contributed by atoms with E-state index in [1.165, 1.54) is 24.2 Å². The molecule has 0 heterocycles. The zero-order valence-corrected chi connectivity index (χ0v) is 15.5. The van der Waals surface area contributed by atoms with E-state index < -0.39 is 0 Å². The molecule has 0 saturated heterocycles. The minimum Gasteiger partial charge on any atom is -0.374 e. The Bertz CT molecular complexity index is 426. The summed E-state index contributed by atoms with van der Waals surface area (Å²) in [5.74, 6) is 2.11. The Morgan fingerprint density at radius 3 is 2.48 bits per heavy atom. The summed E-state index contributed by atoms with van der Waals surface area (Å²) in [5.41, 5.74) is 1.23. The maximum absolute atomic E-state index is 5.87. The number of hydrogen-bond donors (Lipinski definition) is 2. The predicted molar refractivity (Wildman–Crippen MR) is 102 cm³/mol. The average Bonchev–Trinajstić information content (AvgIpc) is 2.60. The van der Waals surface area contributed by atoms with Gasteiger partial charge >= 0.3 is 0 Å². The van der Waals surface area contributed by atoms with Gasteiger partial charge in [0.2, 0.25) is 0 Å². The molecular weight excluding hydrogens is 306 g/mol. The van der Waals surface area contributed by atoms with Crippen LogP contribution < -0.4 is 10.6 Å². The number of guanidine groups is 1. The molecule has 0 saturated carbocycles. The summed E-state index contributed by atoms with van der Waals surface area (Å²) < 4.78 is 5.87. The van der Waals surface area contributed by atoms with E-state index in [1.54, 1.807) is 0 Å². The number of nitrogens with zero attached hydrogens (tertiary/aromatic N) is 1. The molecule has 1 aromatic carbocycles. The first-order valence-corrected chi connectivity index (χ1v) is 9.77. The van der Waals surface area contributed by atoms with Crippen molar-refractivity contribution in [1.29, 1.82) is 0 Å². The molecule has 4 nitrogen and oxygen atoms in total. The fourth-order valence-electron chi connectivity index (χ4n) is 2.16. The van der Waals surface area contributed by atoms with Gasteiger partial charge in [0.05, 0.1) is 6.10 Å². The van der Waals surface area contributed by atoms with Crippen molar-refractivity contribution in [3.8, 4) is 0 Å². The summed E-state index contributed by atoms with van der Waals surface area (Å²) in [6.45, 7) is 4.68. The van der Waals surface area contributed by atoms with E-state index in [2.05, 4.69) is 40.9 Å². The monoisotopic (exact) mass is 337 g/mol. The number of rotatable bonds is 11. The topological polar surface area (TPSA) is 45.7 Å². The summed E-state index contributed by atoms with van der Waals surface area (Å²) in [6, 6.07) is 10.3. The third-order valence-corrected chi connectivity index (χ3v) is 4.24. The molecule has 0 fully saturated rings. The van der Waals surface area contributed by atoms with Gasteiger partial charge < -0.3 is 15.4 Å². The van der Waals surface area contributed by atoms with Gasteiger partial charge in [-0.1, -0.05) is 30.3 Å². The molecule has 0 aliphatic rings. The van der Waals surface area contributed by atoms with Crippen LogP contribution in [0.5, 0.6) is 0 Å². The zero-order valence-electron chi connectivity index (χ0n) is 14.7. The Kier molecular flexibility index (Phi) is 11.4. The lowest BCUT2D eigenvalue weighted by Gasteiger charge is -2.14. The van der Waals surface area contributed by atoms with Gasteiger partial charge in [-0.25, -0.2) is 0 Å². The first-order chi connectivity index (χ1) is 11.3. The molecule has 0 aliphatic carbocycles. The number of aliphatic imine (C=N–C) groups is 1. The normalized spacial score (nSPS) is 12.9. The lowest BCUT2D eigenvalue weighted by atomic mass is 10.1. The van der Waals surface area contributed by atoms with Crippen LogP contribution in [0.25, 0.3) is 0 Å². The van der Waals surface area contributed by atoms with Crippen LogP contribution in [0.4, 0.5) is 0 Å². The van der Waals surface area contributed by atoms with Gasteiger partial charge in [0.1, 0.15) is 0 Å². The highest BCUT2D eigenvalue weighted by molar-refractivity contribution is 7.98. The molecule has 1 aromatic rings. The molecule has 0 amide bonds. The lowest BCUT2D eigenvalue weighted by molar-refractivity contribution is 0.0646. The maximum atomic E-state index is 5.87. The van der Waals surface area contributed by atoms with Crippen molar-refractivity contribution >= 4 is 17.7 Å². The predicted octanol–water partition coefficient (Wildman–Crippen LogP) is 3.46. The quantitative estimate of drug-likeness (QED) is 0.369. The highest BCUT2D eigenvalue weighted by Gasteiger charge is 2.04. The fourth-order valence-corrected chi connectivity index (χ4v) is 2.65. The van der Waals surface area contributed by atoms with Crippen molar-refractivity contribution in [2.75, 3.05) is 38.8 Å². The Morgan fingerprint density at radius 1 is 1.13 bits per heavy atom. The minimum absolute atomic E-state index is 0.144. The molecule has 1 rings (SSSR count). The van der Waals surface area contributed by atoms with Crippen molar-refractivity contribution in [3.05, 3.63) is 35.9 Å². The number of unbranched alkanes of at least 4 members (excludes halogenated alkanes) is 1. The third-order valence-electron chi connectivity index (χ3n) is 3.54. The number of benzene rings is 1. The van der Waals surface area contributed by atoms with E-state index >= 15 is 0 Å². The van der Waals surface area contributed by atoms with Crippen LogP contribution in [0.15, 0.2) is 35.3 Å². The van der Waals surface area contributed by atoms with Gasteiger partial charge in [-0.2, -0.15) is 11.8 Å². The average molecular weight is 338 g/mol. The van der Waals surface area contributed by atoms with E-state index in [9.17, 15) is 0 Å². The van der Waals surface area contributed by atoms with Crippen molar-refractivity contribution in [2.45, 2.75) is 32.3 Å². The Balaban J connectivity index is 2.06. The van der Waals surface area contributed by atoms with Gasteiger partial charge in [0.15, 0.2) is 5.96 Å². The summed E-state index contributed by atoms with van der Waals surface area (Å²) in [6.07, 6.45) is 5.68. The van der Waals surface area contributed by atoms with Gasteiger partial charge in [-0.05, 0) is 43.8 Å². The van der Waals surface area contributed by atoms with Crippen molar-refractivity contribution < 1.29 is 4.74 Å². The zero-order chi connectivity index (χ0) is 16.8. The summed E-state index contributed by atoms with van der Waals surface area (Å²) in [4.78, 5) is 4.23. The Hall–Kier alpha value is -1.20. The van der Waals surface area contributed by atoms with Crippen LogP contribution in [-0.2, 0) is 4.74 Å². The molecular formula is C18H31N3OS. The van der Waals surface area contributed by atoms with E-state index in [-0.39, 0.29) is 6.10 Å². The maximum Gasteiger partial charge on any atom is 0.190 e. The number of nitrogens with one attached hydrogen (secondary N) is 2. The van der Waals surface area contributed by atoms with E-state index in [0.717, 1.165) is 32.1 Å². The van der Waals surface area contributed by atoms with Crippen molar-refractivity contribution in [2.24, 2.45) is 4.99 Å². The molecule has 2 N–H and O–H groups in total. The van der Waals surface area contributed by atoms with Crippen LogP contribution in [-0.4, -0.2) is 44.7 Å². The van der Waals surface area contributed by atoms with Gasteiger partial charge in [-0.3, -0.25) is 4.99 Å². The van der Waals surface area contributed by atoms with Crippen LogP contribution in [0.3, 0.4) is 0 Å². The third kappa shape index (κ3) is 9.51. The van der Waals surface area contributed by atoms with Crippen LogP contribution in [0.1, 0.15) is 37.9 Å². The molecule has 5 heteroatoms. The lowest BCUT2D eigenvalue weighted by Crippen LogP contribution is -2.38. The van der Waals surface area contributed by atoms with Gasteiger partial charge in [-0.15, -0.1) is 0 Å². The number of thioether (sulfide) groups is 1. The number of ether oxygens (including phenoxy) is 1. The second-order valence-corrected chi connectivity index (χ2v) is 6.39. The molecule has 0 radical (unpaired) electrons. The minimum atomic E-state index is 0.144. The largest absolute Gasteiger partial charge is 0.374 e. The summed E-state index contributed by atoms with van der Waals surface area (Å²) >= 11 is 1.90. The SMILES string of the molecule is CN=C(NCCCCSC)NCCCOC(C)c1ccccc1. The second kappa shape index (κ2) is 13.3. The van der Waals surface area contributed by atoms with Gasteiger partial charge in [0, 0.05) is 26.7 Å². The molecule has 0 aromatic heterocycles. The fraction of sp³-hybridized carbons (Fsp3) is 0.611. The highest BCUT2D eigenvalue weighted by Crippen LogP contribution is 2.15. The van der Waals surface area contributed by atoms with Crippen LogP contribution >= 0.6 is 11.8 Å². The second-order valence-electron chi connectivity index (χ2n) is 5.40. The van der Waals surface area contributed by atoms with Crippen molar-refractivity contribution in [3.63, 3.8) is 0 Å². The molecule has 0 spiro atoms. The molecule has 1 atom stereocenters. The van der Waals surface area contributed by atoms with E-state index in [0.29, 0.717) is 0 Å². The molecule has 130 valence electrons. The molecule has 0 aliphatic heterocycles. The first kappa shape index (κ1) is 19.8. The standard InChI is InChI=1S/C18H31N3OS/c1-16(17-10-5-4-6-11-17)22-14-9-13-21-18(19-2)20-12-7-8-15-23-3/h4-6,10-11,16H,7-9,12-15H2,1-3H3,(H2,19,20,21). The summed E-state index contributed by atoms with van der Waals surface area (Å²) in [7, 11) is 1.81. The van der Waals surface area contributed by atoms with Crippen LogP contribution in [0.2, 0.25) is 0 Å². The Labute approximate surface area is 145 Å². The number of hydrogen-bond acceptors (Lipinski definition) is 3. The van der Waals surface area contributed by atoms with E-state index in [1.807, 2.05) is 37.0 Å². The first-order valence-electron chi connectivity index (χ1n) is 8.38. The highest BCUT2D eigenvalue weighted by atomic mass is 32.2. The summed E-state index contributed by atoms with van der Waals surface area (Å²) in [5, 5.41) is 6.67. The van der Waals surface area contributed by atoms with Crippen LogP contribution in [0, 0.1) is 0 Å². The Morgan fingerprint density at radius 2 is 1.83 bits per heavy atom. The molecule has 0 bridgehead atoms.